The van der Waals surface area contributed by atoms with Crippen LogP contribution in [0.1, 0.15) is 6.92 Å². The first-order valence-corrected chi connectivity index (χ1v) is 4.03. The van der Waals surface area contributed by atoms with Crippen LogP contribution in [0.2, 0.25) is 0 Å². The van der Waals surface area contributed by atoms with E-state index in [2.05, 4.69) is 0 Å². The van der Waals surface area contributed by atoms with Crippen LogP contribution in [0.4, 0.5) is 48.3 Å². The number of carbonyl (C=O) groups is 1. The normalized spacial score (nSPS) is 15.6. The molecule has 0 heterocycles. The summed E-state index contributed by atoms with van der Waals surface area (Å²) in [7, 11) is 0. The number of hydrogen-bond donors (Lipinski definition) is 0. The predicted octanol–water partition coefficient (Wildman–Crippen LogP) is 3.88. The molecule has 0 radical (unpaired) electrons. The zero-order valence-corrected chi connectivity index (χ0v) is 8.57. The average molecular weight is 312 g/mol. The van der Waals surface area contributed by atoms with Gasteiger partial charge in [-0.2, -0.15) is 48.3 Å². The van der Waals surface area contributed by atoms with Crippen molar-refractivity contribution in [3.63, 3.8) is 0 Å². The molecule has 19 heavy (non-hydrogen) atoms. The number of alkyl halides is 11. The lowest BCUT2D eigenvalue weighted by molar-refractivity contribution is -0.336. The van der Waals surface area contributed by atoms with Crippen LogP contribution in [0.3, 0.4) is 0 Å². The van der Waals surface area contributed by atoms with Gasteiger partial charge in [0.15, 0.2) is 0 Å². The Bertz CT molecular complexity index is 343. The Kier molecular flexibility index (Phi) is 3.96. The van der Waals surface area contributed by atoms with Crippen molar-refractivity contribution in [2.45, 2.75) is 31.4 Å². The molecule has 0 fully saturated rings. The van der Waals surface area contributed by atoms with Gasteiger partial charge in [0.2, 0.25) is 11.2 Å². The van der Waals surface area contributed by atoms with E-state index >= 15 is 0 Å². The molecule has 0 N–H and O–H groups in total. The molecular formula is C7H3F11O. The van der Waals surface area contributed by atoms with E-state index in [0.717, 1.165) is 0 Å². The predicted molar refractivity (Wildman–Crippen MR) is 36.2 cm³/mol. The molecule has 0 saturated heterocycles. The summed E-state index contributed by atoms with van der Waals surface area (Å²) in [6, 6.07) is 0. The third-order valence-electron chi connectivity index (χ3n) is 2.23. The Hall–Kier alpha value is -1.10. The second-order valence-corrected chi connectivity index (χ2v) is 3.52. The molecule has 0 aromatic heterocycles. The number of Topliss-reactive ketones (excluding diaryl/α,β-unsaturated/α-hetero) is 1. The lowest BCUT2D eigenvalue weighted by atomic mass is 9.80. The Morgan fingerprint density at radius 1 is 0.632 bits per heavy atom. The molecule has 0 aliphatic carbocycles. The highest BCUT2D eigenvalue weighted by atomic mass is 19.4. The molecule has 0 unspecified atom stereocenters. The third kappa shape index (κ3) is 2.61. The van der Waals surface area contributed by atoms with Gasteiger partial charge in [0.1, 0.15) is 0 Å². The zero-order chi connectivity index (χ0) is 16.1. The Morgan fingerprint density at radius 3 is 1.05 bits per heavy atom. The molecule has 0 bridgehead atoms. The lowest BCUT2D eigenvalue weighted by Crippen LogP contribution is -2.61. The molecule has 12 heteroatoms. The van der Waals surface area contributed by atoms with Crippen molar-refractivity contribution in [1.29, 1.82) is 0 Å². The molecule has 0 aromatic carbocycles. The molecular weight excluding hydrogens is 309 g/mol. The highest BCUT2D eigenvalue weighted by Gasteiger charge is 2.80. The Morgan fingerprint density at radius 2 is 0.895 bits per heavy atom. The number of hydrogen-bond acceptors (Lipinski definition) is 1. The maximum atomic E-state index is 12.4. The van der Waals surface area contributed by atoms with Crippen LogP contribution in [-0.2, 0) is 4.79 Å². The summed E-state index contributed by atoms with van der Waals surface area (Å²) in [4.78, 5) is 10.5. The molecule has 0 rings (SSSR count). The standard InChI is InChI=1S/C7H3F11O/c1-3(5(10,11)12,6(13,14)15)2(19)4(8,9)7(16,17)18/h1H3. The first kappa shape index (κ1) is 17.9. The summed E-state index contributed by atoms with van der Waals surface area (Å²) < 4.78 is 133. The first-order chi connectivity index (χ1) is 7.90. The fourth-order valence-corrected chi connectivity index (χ4v) is 0.861. The SMILES string of the molecule is CC(C(=O)C(F)(F)C(F)(F)F)(C(F)(F)F)C(F)(F)F. The molecule has 0 spiro atoms. The summed E-state index contributed by atoms with van der Waals surface area (Å²) >= 11 is 0. The Balaban J connectivity index is 6.06. The molecule has 1 nitrogen and oxygen atoms in total. The van der Waals surface area contributed by atoms with Gasteiger partial charge in [0.25, 0.3) is 0 Å². The minimum absolute atomic E-state index is 1.07. The smallest absolute Gasteiger partial charge is 0.291 e. The van der Waals surface area contributed by atoms with Crippen molar-refractivity contribution >= 4 is 5.78 Å². The number of ketones is 1. The zero-order valence-electron chi connectivity index (χ0n) is 8.57. The average Bonchev–Trinajstić information content (AvgIpc) is 2.09. The largest absolute Gasteiger partial charge is 0.461 e. The number of halogens is 11. The summed E-state index contributed by atoms with van der Waals surface area (Å²) in [5.74, 6) is -11.1. The van der Waals surface area contributed by atoms with E-state index in [1.165, 1.54) is 0 Å². The van der Waals surface area contributed by atoms with Crippen molar-refractivity contribution in [3.8, 4) is 0 Å². The van der Waals surface area contributed by atoms with Gasteiger partial charge < -0.3 is 0 Å². The fraction of sp³-hybridized carbons (Fsp3) is 0.857. The van der Waals surface area contributed by atoms with Crippen LogP contribution in [0, 0.1) is 5.41 Å². The summed E-state index contributed by atoms with van der Waals surface area (Å²) in [6.07, 6.45) is -20.2. The van der Waals surface area contributed by atoms with Crippen LogP contribution >= 0.6 is 0 Å². The topological polar surface area (TPSA) is 17.1 Å². The maximum absolute atomic E-state index is 12.4. The van der Waals surface area contributed by atoms with Gasteiger partial charge in [-0.3, -0.25) is 4.79 Å². The van der Waals surface area contributed by atoms with E-state index in [4.69, 9.17) is 0 Å². The monoisotopic (exact) mass is 312 g/mol. The lowest BCUT2D eigenvalue weighted by Gasteiger charge is -2.35. The number of rotatable bonds is 2. The molecule has 0 atom stereocenters. The van der Waals surface area contributed by atoms with Crippen molar-refractivity contribution in [1.82, 2.24) is 0 Å². The van der Waals surface area contributed by atoms with E-state index in [1.54, 1.807) is 0 Å². The second-order valence-electron chi connectivity index (χ2n) is 3.52. The van der Waals surface area contributed by atoms with E-state index in [1.807, 2.05) is 0 Å². The van der Waals surface area contributed by atoms with Gasteiger partial charge in [-0.25, -0.2) is 0 Å². The third-order valence-corrected chi connectivity index (χ3v) is 2.23. The molecule has 0 aliphatic rings. The van der Waals surface area contributed by atoms with Gasteiger partial charge in [-0.05, 0) is 6.92 Å². The molecule has 0 aromatic rings. The first-order valence-electron chi connectivity index (χ1n) is 4.03. The highest BCUT2D eigenvalue weighted by Crippen LogP contribution is 2.55. The van der Waals surface area contributed by atoms with Crippen molar-refractivity contribution < 1.29 is 53.1 Å². The molecule has 114 valence electrons. The van der Waals surface area contributed by atoms with Crippen molar-refractivity contribution in [2.24, 2.45) is 5.41 Å². The molecule has 0 amide bonds. The quantitative estimate of drug-likeness (QED) is 0.707. The van der Waals surface area contributed by atoms with Gasteiger partial charge >= 0.3 is 24.5 Å². The van der Waals surface area contributed by atoms with Crippen LogP contribution in [0.5, 0.6) is 0 Å². The van der Waals surface area contributed by atoms with Crippen molar-refractivity contribution in [2.75, 3.05) is 0 Å². The maximum Gasteiger partial charge on any atom is 0.461 e. The van der Waals surface area contributed by atoms with Crippen LogP contribution in [0.15, 0.2) is 0 Å². The number of carbonyl (C=O) groups excluding carboxylic acids is 1. The summed E-state index contributed by atoms with van der Waals surface area (Å²) in [5, 5.41) is 0. The van der Waals surface area contributed by atoms with Crippen LogP contribution in [0.25, 0.3) is 0 Å². The fourth-order valence-electron chi connectivity index (χ4n) is 0.861. The van der Waals surface area contributed by atoms with Crippen LogP contribution in [-0.4, -0.2) is 30.2 Å². The summed E-state index contributed by atoms with van der Waals surface area (Å²) in [6.45, 7) is -1.07. The van der Waals surface area contributed by atoms with E-state index in [-0.39, 0.29) is 0 Å². The van der Waals surface area contributed by atoms with E-state index in [0.29, 0.717) is 0 Å². The minimum atomic E-state index is -6.87. The van der Waals surface area contributed by atoms with Gasteiger partial charge in [-0.15, -0.1) is 0 Å². The van der Waals surface area contributed by atoms with E-state index in [9.17, 15) is 53.1 Å². The second kappa shape index (κ2) is 4.20. The van der Waals surface area contributed by atoms with Crippen molar-refractivity contribution in [3.05, 3.63) is 0 Å². The van der Waals surface area contributed by atoms with Gasteiger partial charge in [0, 0.05) is 0 Å². The Labute approximate surface area is 96.9 Å². The van der Waals surface area contributed by atoms with E-state index < -0.39 is 42.6 Å². The van der Waals surface area contributed by atoms with Gasteiger partial charge in [-0.1, -0.05) is 0 Å². The van der Waals surface area contributed by atoms with Crippen LogP contribution < -0.4 is 0 Å². The summed E-state index contributed by atoms with van der Waals surface area (Å²) in [5.41, 5.74) is -5.83. The minimum Gasteiger partial charge on any atom is -0.291 e. The highest BCUT2D eigenvalue weighted by molar-refractivity contribution is 5.93. The van der Waals surface area contributed by atoms with Gasteiger partial charge in [0.05, 0.1) is 0 Å². The molecule has 0 saturated carbocycles. The molecule has 0 aliphatic heterocycles.